The molecule has 0 aromatic heterocycles. The standard InChI is InChI=1S/C14H23NO2/c1-5-11(3)15-10-12-7-8-13(17-6-2)14(9-12)16-4/h7-9,11,15H,5-6,10H2,1-4H3. The van der Waals surface area contributed by atoms with Gasteiger partial charge in [-0.05, 0) is 38.0 Å². The number of methoxy groups -OCH3 is 1. The molecule has 1 aromatic rings. The van der Waals surface area contributed by atoms with Gasteiger partial charge in [-0.1, -0.05) is 13.0 Å². The predicted molar refractivity (Wildman–Crippen MR) is 70.8 cm³/mol. The summed E-state index contributed by atoms with van der Waals surface area (Å²) in [6, 6.07) is 6.60. The fourth-order valence-electron chi connectivity index (χ4n) is 1.53. The van der Waals surface area contributed by atoms with Crippen LogP contribution in [0.15, 0.2) is 18.2 Å². The number of hydrogen-bond donors (Lipinski definition) is 1. The van der Waals surface area contributed by atoms with Crippen LogP contribution in [0.4, 0.5) is 0 Å². The topological polar surface area (TPSA) is 30.5 Å². The molecule has 0 aliphatic carbocycles. The van der Waals surface area contributed by atoms with Crippen LogP contribution < -0.4 is 14.8 Å². The Bertz CT molecular complexity index is 339. The van der Waals surface area contributed by atoms with Gasteiger partial charge in [-0.3, -0.25) is 0 Å². The van der Waals surface area contributed by atoms with Gasteiger partial charge in [0.05, 0.1) is 13.7 Å². The van der Waals surface area contributed by atoms with Gasteiger partial charge in [-0.15, -0.1) is 0 Å². The van der Waals surface area contributed by atoms with E-state index < -0.39 is 0 Å². The van der Waals surface area contributed by atoms with Crippen molar-refractivity contribution in [2.75, 3.05) is 13.7 Å². The first-order valence-electron chi connectivity index (χ1n) is 6.24. The zero-order valence-electron chi connectivity index (χ0n) is 11.2. The smallest absolute Gasteiger partial charge is 0.161 e. The molecule has 0 spiro atoms. The van der Waals surface area contributed by atoms with Gasteiger partial charge in [0.2, 0.25) is 0 Å². The SMILES string of the molecule is CCOc1ccc(CNC(C)CC)cc1OC. The Morgan fingerprint density at radius 3 is 2.59 bits per heavy atom. The highest BCUT2D eigenvalue weighted by Gasteiger charge is 2.05. The number of rotatable bonds is 7. The van der Waals surface area contributed by atoms with Crippen LogP contribution in [0.5, 0.6) is 11.5 Å². The molecule has 1 unspecified atom stereocenters. The van der Waals surface area contributed by atoms with Crippen LogP contribution >= 0.6 is 0 Å². The minimum atomic E-state index is 0.535. The van der Waals surface area contributed by atoms with Gasteiger partial charge in [-0.2, -0.15) is 0 Å². The molecule has 0 aliphatic rings. The first-order valence-corrected chi connectivity index (χ1v) is 6.24. The summed E-state index contributed by atoms with van der Waals surface area (Å²) < 4.78 is 10.8. The van der Waals surface area contributed by atoms with E-state index in [1.807, 2.05) is 19.1 Å². The minimum absolute atomic E-state index is 0.535. The number of ether oxygens (including phenoxy) is 2. The number of benzene rings is 1. The van der Waals surface area contributed by atoms with Gasteiger partial charge in [0.25, 0.3) is 0 Å². The fraction of sp³-hybridized carbons (Fsp3) is 0.571. The van der Waals surface area contributed by atoms with Crippen molar-refractivity contribution >= 4 is 0 Å². The summed E-state index contributed by atoms with van der Waals surface area (Å²) in [4.78, 5) is 0. The van der Waals surface area contributed by atoms with E-state index in [2.05, 4.69) is 25.2 Å². The molecular formula is C14H23NO2. The number of nitrogens with one attached hydrogen (secondary N) is 1. The van der Waals surface area contributed by atoms with Crippen LogP contribution in [-0.2, 0) is 6.54 Å². The molecule has 0 radical (unpaired) electrons. The molecule has 0 bridgehead atoms. The lowest BCUT2D eigenvalue weighted by atomic mass is 10.2. The number of hydrogen-bond acceptors (Lipinski definition) is 3. The average Bonchev–Trinajstić information content (AvgIpc) is 2.37. The Morgan fingerprint density at radius 1 is 1.24 bits per heavy atom. The molecule has 3 nitrogen and oxygen atoms in total. The maximum absolute atomic E-state index is 5.48. The van der Waals surface area contributed by atoms with Crippen LogP contribution in [0.3, 0.4) is 0 Å². The van der Waals surface area contributed by atoms with Crippen molar-refractivity contribution < 1.29 is 9.47 Å². The quantitative estimate of drug-likeness (QED) is 0.791. The molecule has 1 N–H and O–H groups in total. The van der Waals surface area contributed by atoms with Crippen LogP contribution in [-0.4, -0.2) is 19.8 Å². The first kappa shape index (κ1) is 13.8. The molecule has 0 saturated heterocycles. The molecule has 0 amide bonds. The molecule has 1 atom stereocenters. The molecule has 3 heteroatoms. The lowest BCUT2D eigenvalue weighted by Gasteiger charge is -2.14. The van der Waals surface area contributed by atoms with Gasteiger partial charge in [0, 0.05) is 12.6 Å². The lowest BCUT2D eigenvalue weighted by Crippen LogP contribution is -2.24. The molecule has 17 heavy (non-hydrogen) atoms. The van der Waals surface area contributed by atoms with Gasteiger partial charge in [0.1, 0.15) is 0 Å². The molecular weight excluding hydrogens is 214 g/mol. The van der Waals surface area contributed by atoms with Gasteiger partial charge in [-0.25, -0.2) is 0 Å². The second-order valence-electron chi connectivity index (χ2n) is 4.11. The summed E-state index contributed by atoms with van der Waals surface area (Å²) in [6.07, 6.45) is 1.13. The minimum Gasteiger partial charge on any atom is -0.493 e. The molecule has 0 aliphatic heterocycles. The normalized spacial score (nSPS) is 12.2. The monoisotopic (exact) mass is 237 g/mol. The predicted octanol–water partition coefficient (Wildman–Crippen LogP) is 2.98. The summed E-state index contributed by atoms with van der Waals surface area (Å²) in [6.45, 7) is 7.85. The summed E-state index contributed by atoms with van der Waals surface area (Å²) in [5.41, 5.74) is 1.21. The fourth-order valence-corrected chi connectivity index (χ4v) is 1.53. The van der Waals surface area contributed by atoms with Crippen molar-refractivity contribution in [3.8, 4) is 11.5 Å². The van der Waals surface area contributed by atoms with E-state index in [1.165, 1.54) is 5.56 Å². The molecule has 0 heterocycles. The third-order valence-corrected chi connectivity index (χ3v) is 2.79. The van der Waals surface area contributed by atoms with Crippen molar-refractivity contribution in [2.24, 2.45) is 0 Å². The Kier molecular flexibility index (Phi) is 5.84. The highest BCUT2D eigenvalue weighted by Crippen LogP contribution is 2.27. The van der Waals surface area contributed by atoms with Crippen molar-refractivity contribution in [3.63, 3.8) is 0 Å². The average molecular weight is 237 g/mol. The lowest BCUT2D eigenvalue weighted by molar-refractivity contribution is 0.310. The van der Waals surface area contributed by atoms with Crippen LogP contribution in [0.25, 0.3) is 0 Å². The molecule has 96 valence electrons. The Morgan fingerprint density at radius 2 is 2.00 bits per heavy atom. The van der Waals surface area contributed by atoms with Crippen LogP contribution in [0.2, 0.25) is 0 Å². The maximum Gasteiger partial charge on any atom is 0.161 e. The van der Waals surface area contributed by atoms with E-state index in [0.29, 0.717) is 12.6 Å². The van der Waals surface area contributed by atoms with E-state index in [1.54, 1.807) is 7.11 Å². The summed E-state index contributed by atoms with van der Waals surface area (Å²) in [5, 5.41) is 3.45. The molecule has 1 aromatic carbocycles. The Hall–Kier alpha value is -1.22. The Balaban J connectivity index is 2.68. The van der Waals surface area contributed by atoms with Crippen molar-refractivity contribution in [1.82, 2.24) is 5.32 Å². The molecule has 1 rings (SSSR count). The van der Waals surface area contributed by atoms with Gasteiger partial charge in [0.15, 0.2) is 11.5 Å². The summed E-state index contributed by atoms with van der Waals surface area (Å²) in [5.74, 6) is 1.61. The van der Waals surface area contributed by atoms with E-state index in [9.17, 15) is 0 Å². The third kappa shape index (κ3) is 4.27. The Labute approximate surface area is 104 Å². The zero-order valence-corrected chi connectivity index (χ0v) is 11.2. The van der Waals surface area contributed by atoms with E-state index in [0.717, 1.165) is 24.5 Å². The molecule has 0 saturated carbocycles. The van der Waals surface area contributed by atoms with Crippen molar-refractivity contribution in [3.05, 3.63) is 23.8 Å². The van der Waals surface area contributed by atoms with E-state index >= 15 is 0 Å². The summed E-state index contributed by atoms with van der Waals surface area (Å²) in [7, 11) is 1.67. The van der Waals surface area contributed by atoms with Crippen LogP contribution in [0, 0.1) is 0 Å². The third-order valence-electron chi connectivity index (χ3n) is 2.79. The second kappa shape index (κ2) is 7.17. The maximum atomic E-state index is 5.48. The highest BCUT2D eigenvalue weighted by molar-refractivity contribution is 5.42. The first-order chi connectivity index (χ1) is 8.21. The van der Waals surface area contributed by atoms with Crippen molar-refractivity contribution in [2.45, 2.75) is 39.8 Å². The largest absolute Gasteiger partial charge is 0.493 e. The van der Waals surface area contributed by atoms with Gasteiger partial charge >= 0.3 is 0 Å². The van der Waals surface area contributed by atoms with Crippen molar-refractivity contribution in [1.29, 1.82) is 0 Å². The van der Waals surface area contributed by atoms with E-state index in [-0.39, 0.29) is 0 Å². The second-order valence-corrected chi connectivity index (χ2v) is 4.11. The summed E-state index contributed by atoms with van der Waals surface area (Å²) >= 11 is 0. The zero-order chi connectivity index (χ0) is 12.7. The molecule has 0 fully saturated rings. The van der Waals surface area contributed by atoms with Gasteiger partial charge < -0.3 is 14.8 Å². The highest BCUT2D eigenvalue weighted by atomic mass is 16.5. The van der Waals surface area contributed by atoms with E-state index in [4.69, 9.17) is 9.47 Å². The van der Waals surface area contributed by atoms with Crippen LogP contribution in [0.1, 0.15) is 32.8 Å².